The SMILES string of the molecule is C=CC1(OCC(=C)C)c2ccccc2Cc2ccccc21. The maximum absolute atomic E-state index is 6.32. The summed E-state index contributed by atoms with van der Waals surface area (Å²) >= 11 is 0. The lowest BCUT2D eigenvalue weighted by Crippen LogP contribution is -2.34. The molecule has 0 amide bonds. The van der Waals surface area contributed by atoms with Gasteiger partial charge in [0.15, 0.2) is 0 Å². The van der Waals surface area contributed by atoms with E-state index in [0.29, 0.717) is 6.61 Å². The van der Waals surface area contributed by atoms with E-state index in [1.165, 1.54) is 22.3 Å². The van der Waals surface area contributed by atoms with Crippen LogP contribution in [0.4, 0.5) is 0 Å². The van der Waals surface area contributed by atoms with Crippen LogP contribution in [-0.4, -0.2) is 6.61 Å². The van der Waals surface area contributed by atoms with Crippen molar-refractivity contribution in [3.05, 3.63) is 95.6 Å². The summed E-state index contributed by atoms with van der Waals surface area (Å²) in [5.41, 5.74) is 5.43. The highest BCUT2D eigenvalue weighted by Gasteiger charge is 2.38. The Hall–Kier alpha value is -2.12. The molecule has 0 atom stereocenters. The Kier molecular flexibility index (Phi) is 3.52. The lowest BCUT2D eigenvalue weighted by Gasteiger charge is -2.38. The van der Waals surface area contributed by atoms with Gasteiger partial charge in [0.1, 0.15) is 5.60 Å². The highest BCUT2D eigenvalue weighted by molar-refractivity contribution is 5.54. The minimum absolute atomic E-state index is 0.523. The van der Waals surface area contributed by atoms with Crippen molar-refractivity contribution in [1.82, 2.24) is 0 Å². The summed E-state index contributed by atoms with van der Waals surface area (Å²) in [6.07, 6.45) is 2.87. The van der Waals surface area contributed by atoms with Crippen molar-refractivity contribution in [1.29, 1.82) is 0 Å². The molecule has 0 saturated carbocycles. The minimum atomic E-state index is -0.579. The number of ether oxygens (including phenoxy) is 1. The van der Waals surface area contributed by atoms with E-state index in [-0.39, 0.29) is 0 Å². The average molecular weight is 276 g/mol. The third-order valence-corrected chi connectivity index (χ3v) is 4.05. The second-order valence-corrected chi connectivity index (χ2v) is 5.68. The third kappa shape index (κ3) is 2.24. The molecule has 3 rings (SSSR count). The van der Waals surface area contributed by atoms with Crippen molar-refractivity contribution in [2.24, 2.45) is 0 Å². The Labute approximate surface area is 126 Å². The summed E-state index contributed by atoms with van der Waals surface area (Å²) < 4.78 is 6.32. The Morgan fingerprint density at radius 3 is 2.10 bits per heavy atom. The molecule has 0 radical (unpaired) electrons. The minimum Gasteiger partial charge on any atom is -0.357 e. The summed E-state index contributed by atoms with van der Waals surface area (Å²) in [4.78, 5) is 0. The first kappa shape index (κ1) is 13.8. The molecule has 1 heteroatoms. The molecule has 0 spiro atoms. The molecule has 0 N–H and O–H groups in total. The average Bonchev–Trinajstić information content (AvgIpc) is 2.51. The first-order valence-corrected chi connectivity index (χ1v) is 7.26. The fraction of sp³-hybridized carbons (Fsp3) is 0.200. The zero-order valence-electron chi connectivity index (χ0n) is 12.4. The molecule has 0 fully saturated rings. The van der Waals surface area contributed by atoms with Crippen LogP contribution in [0.2, 0.25) is 0 Å². The van der Waals surface area contributed by atoms with Crippen LogP contribution in [0.25, 0.3) is 0 Å². The summed E-state index contributed by atoms with van der Waals surface area (Å²) in [6, 6.07) is 16.9. The van der Waals surface area contributed by atoms with Gasteiger partial charge >= 0.3 is 0 Å². The normalized spacial score (nSPS) is 14.9. The number of rotatable bonds is 4. The molecule has 2 aromatic rings. The molecule has 1 aliphatic carbocycles. The van der Waals surface area contributed by atoms with Crippen LogP contribution >= 0.6 is 0 Å². The summed E-state index contributed by atoms with van der Waals surface area (Å²) in [6.45, 7) is 10.5. The Bertz CT molecular complexity index is 651. The van der Waals surface area contributed by atoms with Crippen molar-refractivity contribution < 1.29 is 4.74 Å². The molecule has 1 aliphatic rings. The van der Waals surface area contributed by atoms with Crippen LogP contribution in [-0.2, 0) is 16.8 Å². The zero-order valence-corrected chi connectivity index (χ0v) is 12.4. The van der Waals surface area contributed by atoms with Crippen LogP contribution in [0.5, 0.6) is 0 Å². The predicted molar refractivity (Wildman–Crippen MR) is 87.4 cm³/mol. The van der Waals surface area contributed by atoms with E-state index in [1.54, 1.807) is 0 Å². The van der Waals surface area contributed by atoms with Gasteiger partial charge in [-0.25, -0.2) is 0 Å². The molecule has 0 unspecified atom stereocenters. The van der Waals surface area contributed by atoms with Crippen LogP contribution < -0.4 is 0 Å². The van der Waals surface area contributed by atoms with Crippen molar-refractivity contribution >= 4 is 0 Å². The van der Waals surface area contributed by atoms with E-state index >= 15 is 0 Å². The van der Waals surface area contributed by atoms with Gasteiger partial charge in [-0.2, -0.15) is 0 Å². The smallest absolute Gasteiger partial charge is 0.137 e. The number of fused-ring (bicyclic) bond motifs is 2. The Morgan fingerprint density at radius 2 is 1.62 bits per heavy atom. The van der Waals surface area contributed by atoms with Gasteiger partial charge in [0.25, 0.3) is 0 Å². The molecule has 106 valence electrons. The Morgan fingerprint density at radius 1 is 1.10 bits per heavy atom. The summed E-state index contributed by atoms with van der Waals surface area (Å²) in [5.74, 6) is 0. The van der Waals surface area contributed by atoms with E-state index in [1.807, 2.05) is 13.0 Å². The predicted octanol–water partition coefficient (Wildman–Crippen LogP) is 4.61. The second kappa shape index (κ2) is 5.34. The van der Waals surface area contributed by atoms with Gasteiger partial charge in [-0.15, -0.1) is 0 Å². The molecular weight excluding hydrogens is 256 g/mol. The molecule has 0 heterocycles. The fourth-order valence-corrected chi connectivity index (χ4v) is 3.10. The van der Waals surface area contributed by atoms with Crippen LogP contribution in [0.15, 0.2) is 73.3 Å². The van der Waals surface area contributed by atoms with Crippen LogP contribution in [0, 0.1) is 0 Å². The first-order chi connectivity index (χ1) is 10.2. The zero-order chi connectivity index (χ0) is 14.9. The number of hydrogen-bond donors (Lipinski definition) is 0. The maximum Gasteiger partial charge on any atom is 0.137 e. The van der Waals surface area contributed by atoms with Crippen molar-refractivity contribution in [2.75, 3.05) is 6.61 Å². The fourth-order valence-electron chi connectivity index (χ4n) is 3.10. The van der Waals surface area contributed by atoms with Gasteiger partial charge < -0.3 is 4.74 Å². The standard InChI is InChI=1S/C20H20O/c1-4-20(21-14-15(2)3)18-11-7-5-9-16(18)13-17-10-6-8-12-19(17)20/h4-12H,1-2,13-14H2,3H3. The van der Waals surface area contributed by atoms with E-state index in [9.17, 15) is 0 Å². The lowest BCUT2D eigenvalue weighted by atomic mass is 9.74. The van der Waals surface area contributed by atoms with Gasteiger partial charge in [0.05, 0.1) is 6.61 Å². The van der Waals surface area contributed by atoms with Crippen molar-refractivity contribution in [2.45, 2.75) is 18.9 Å². The highest BCUT2D eigenvalue weighted by Crippen LogP contribution is 2.43. The topological polar surface area (TPSA) is 9.23 Å². The van der Waals surface area contributed by atoms with Crippen LogP contribution in [0.1, 0.15) is 29.2 Å². The van der Waals surface area contributed by atoms with E-state index in [2.05, 4.69) is 61.7 Å². The molecule has 0 aromatic heterocycles. The highest BCUT2D eigenvalue weighted by atomic mass is 16.5. The summed E-state index contributed by atoms with van der Waals surface area (Å²) in [7, 11) is 0. The monoisotopic (exact) mass is 276 g/mol. The van der Waals surface area contributed by atoms with Crippen molar-refractivity contribution in [3.63, 3.8) is 0 Å². The third-order valence-electron chi connectivity index (χ3n) is 4.05. The molecule has 0 bridgehead atoms. The molecule has 2 aromatic carbocycles. The van der Waals surface area contributed by atoms with Gasteiger partial charge in [-0.05, 0) is 35.6 Å². The van der Waals surface area contributed by atoms with E-state index < -0.39 is 5.60 Å². The Balaban J connectivity index is 2.21. The molecule has 0 saturated heterocycles. The van der Waals surface area contributed by atoms with E-state index in [4.69, 9.17) is 4.74 Å². The molecule has 21 heavy (non-hydrogen) atoms. The van der Waals surface area contributed by atoms with Crippen LogP contribution in [0.3, 0.4) is 0 Å². The number of benzene rings is 2. The maximum atomic E-state index is 6.32. The van der Waals surface area contributed by atoms with Gasteiger partial charge in [-0.1, -0.05) is 73.3 Å². The van der Waals surface area contributed by atoms with E-state index in [0.717, 1.165) is 12.0 Å². The molecule has 1 nitrogen and oxygen atoms in total. The second-order valence-electron chi connectivity index (χ2n) is 5.68. The van der Waals surface area contributed by atoms with Gasteiger partial charge in [0, 0.05) is 0 Å². The molecular formula is C20H20O. The van der Waals surface area contributed by atoms with Gasteiger partial charge in [0.2, 0.25) is 0 Å². The quantitative estimate of drug-likeness (QED) is 0.741. The molecule has 0 aliphatic heterocycles. The first-order valence-electron chi connectivity index (χ1n) is 7.26. The lowest BCUT2D eigenvalue weighted by molar-refractivity contribution is 0.0317. The number of hydrogen-bond acceptors (Lipinski definition) is 1. The summed E-state index contributed by atoms with van der Waals surface area (Å²) in [5, 5.41) is 0. The van der Waals surface area contributed by atoms with Crippen molar-refractivity contribution in [3.8, 4) is 0 Å². The van der Waals surface area contributed by atoms with Gasteiger partial charge in [-0.3, -0.25) is 0 Å². The largest absolute Gasteiger partial charge is 0.357 e.